The molecule has 0 saturated carbocycles. The molecule has 1 aromatic carbocycles. The van der Waals surface area contributed by atoms with E-state index in [1.165, 1.54) is 29.0 Å². The van der Waals surface area contributed by atoms with Gasteiger partial charge in [0.2, 0.25) is 0 Å². The van der Waals surface area contributed by atoms with Crippen molar-refractivity contribution >= 4 is 17.2 Å². The number of benzene rings is 1. The molecular formula is C20H21F3N2OS. The molecule has 7 heteroatoms. The highest BCUT2D eigenvalue weighted by Crippen LogP contribution is 2.32. The van der Waals surface area contributed by atoms with Gasteiger partial charge in [0.25, 0.3) is 5.91 Å². The minimum atomic E-state index is -4.32. The van der Waals surface area contributed by atoms with E-state index < -0.39 is 11.7 Å². The Labute approximate surface area is 160 Å². The van der Waals surface area contributed by atoms with Crippen molar-refractivity contribution < 1.29 is 18.0 Å². The summed E-state index contributed by atoms with van der Waals surface area (Å²) in [6.45, 7) is 3.04. The van der Waals surface area contributed by atoms with Gasteiger partial charge in [-0.3, -0.25) is 9.69 Å². The summed E-state index contributed by atoms with van der Waals surface area (Å²) in [7, 11) is 0. The fourth-order valence-corrected chi connectivity index (χ4v) is 5.03. The van der Waals surface area contributed by atoms with Crippen LogP contribution in [0, 0.1) is 0 Å². The Morgan fingerprint density at radius 2 is 1.85 bits per heavy atom. The molecule has 144 valence electrons. The van der Waals surface area contributed by atoms with Crippen molar-refractivity contribution in [3.8, 4) is 0 Å². The number of thiophene rings is 1. The number of alkyl halides is 3. The van der Waals surface area contributed by atoms with Crippen LogP contribution >= 0.6 is 11.3 Å². The standard InChI is InChI=1S/C20H21F3N2OS/c21-20(22,23)16-5-1-3-14(11-16)13-24-7-9-25(10-8-24)19(26)18-12-15-4-2-6-17(15)27-18/h1,3,5,11-12H,2,4,6-10,13H2. The minimum Gasteiger partial charge on any atom is -0.335 e. The molecule has 0 unspecified atom stereocenters. The molecule has 4 rings (SSSR count). The third-order valence-corrected chi connectivity index (χ3v) is 6.50. The molecule has 0 radical (unpaired) electrons. The van der Waals surface area contributed by atoms with Crippen LogP contribution in [0.15, 0.2) is 30.3 Å². The molecule has 1 fully saturated rings. The highest BCUT2D eigenvalue weighted by molar-refractivity contribution is 7.14. The molecular weight excluding hydrogens is 373 g/mol. The summed E-state index contributed by atoms with van der Waals surface area (Å²) in [5.74, 6) is 0.0909. The van der Waals surface area contributed by atoms with Gasteiger partial charge in [-0.05, 0) is 42.5 Å². The number of hydrogen-bond acceptors (Lipinski definition) is 3. The van der Waals surface area contributed by atoms with E-state index in [0.29, 0.717) is 38.3 Å². The molecule has 1 aliphatic heterocycles. The number of carbonyl (C=O) groups is 1. The number of fused-ring (bicyclic) bond motifs is 1. The predicted octanol–water partition coefficient (Wildman–Crippen LogP) is 4.21. The second-order valence-electron chi connectivity index (χ2n) is 7.18. The molecule has 0 atom stereocenters. The van der Waals surface area contributed by atoms with Crippen molar-refractivity contribution in [2.24, 2.45) is 0 Å². The monoisotopic (exact) mass is 394 g/mol. The molecule has 1 aliphatic carbocycles. The number of amides is 1. The summed E-state index contributed by atoms with van der Waals surface area (Å²) in [5, 5.41) is 0. The molecule has 0 N–H and O–H groups in total. The van der Waals surface area contributed by atoms with Gasteiger partial charge in [0.1, 0.15) is 0 Å². The predicted molar refractivity (Wildman–Crippen MR) is 99.0 cm³/mol. The largest absolute Gasteiger partial charge is 0.416 e. The van der Waals surface area contributed by atoms with Crippen molar-refractivity contribution in [2.75, 3.05) is 26.2 Å². The van der Waals surface area contributed by atoms with Crippen LogP contribution in [0.1, 0.15) is 37.7 Å². The lowest BCUT2D eigenvalue weighted by Crippen LogP contribution is -2.48. The Balaban J connectivity index is 1.34. The lowest BCUT2D eigenvalue weighted by atomic mass is 10.1. The van der Waals surface area contributed by atoms with E-state index in [-0.39, 0.29) is 5.91 Å². The van der Waals surface area contributed by atoms with E-state index in [1.807, 2.05) is 11.0 Å². The zero-order valence-electron chi connectivity index (χ0n) is 14.9. The van der Waals surface area contributed by atoms with E-state index in [0.717, 1.165) is 23.8 Å². The number of aryl methyl sites for hydroxylation is 2. The average Bonchev–Trinajstić information content (AvgIpc) is 3.23. The Kier molecular flexibility index (Phi) is 4.99. The molecule has 1 aromatic heterocycles. The number of nitrogens with zero attached hydrogens (tertiary/aromatic N) is 2. The van der Waals surface area contributed by atoms with E-state index in [4.69, 9.17) is 0 Å². The third-order valence-electron chi connectivity index (χ3n) is 5.28. The van der Waals surface area contributed by atoms with Gasteiger partial charge in [0.05, 0.1) is 10.4 Å². The molecule has 0 spiro atoms. The first kappa shape index (κ1) is 18.5. The Morgan fingerprint density at radius 1 is 1.07 bits per heavy atom. The Morgan fingerprint density at radius 3 is 2.56 bits per heavy atom. The van der Waals surface area contributed by atoms with Crippen LogP contribution in [0.3, 0.4) is 0 Å². The van der Waals surface area contributed by atoms with Gasteiger partial charge >= 0.3 is 6.18 Å². The summed E-state index contributed by atoms with van der Waals surface area (Å²) in [5.41, 5.74) is 1.37. The number of piperazine rings is 1. The fourth-order valence-electron chi connectivity index (χ4n) is 3.80. The summed E-state index contributed by atoms with van der Waals surface area (Å²) < 4.78 is 38.6. The average molecular weight is 394 g/mol. The molecule has 27 heavy (non-hydrogen) atoms. The molecule has 2 heterocycles. The van der Waals surface area contributed by atoms with Gasteiger partial charge in [-0.2, -0.15) is 13.2 Å². The highest BCUT2D eigenvalue weighted by atomic mass is 32.1. The molecule has 1 amide bonds. The smallest absolute Gasteiger partial charge is 0.335 e. The van der Waals surface area contributed by atoms with Crippen LogP contribution in [-0.2, 0) is 25.6 Å². The van der Waals surface area contributed by atoms with E-state index >= 15 is 0 Å². The summed E-state index contributed by atoms with van der Waals surface area (Å²) in [6, 6.07) is 7.53. The summed E-state index contributed by atoms with van der Waals surface area (Å²) in [4.78, 5) is 18.9. The van der Waals surface area contributed by atoms with E-state index in [9.17, 15) is 18.0 Å². The third kappa shape index (κ3) is 4.04. The highest BCUT2D eigenvalue weighted by Gasteiger charge is 2.31. The molecule has 2 aliphatic rings. The molecule has 1 saturated heterocycles. The summed E-state index contributed by atoms with van der Waals surface area (Å²) >= 11 is 1.62. The van der Waals surface area contributed by atoms with Gasteiger partial charge in [-0.25, -0.2) is 0 Å². The second kappa shape index (κ2) is 7.28. The Hall–Kier alpha value is -1.86. The number of hydrogen-bond donors (Lipinski definition) is 0. The normalized spacial score (nSPS) is 18.0. The maximum absolute atomic E-state index is 12.9. The first-order chi connectivity index (χ1) is 12.9. The lowest BCUT2D eigenvalue weighted by molar-refractivity contribution is -0.137. The summed E-state index contributed by atoms with van der Waals surface area (Å²) in [6.07, 6.45) is -0.978. The molecule has 2 aromatic rings. The molecule has 3 nitrogen and oxygen atoms in total. The fraction of sp³-hybridized carbons (Fsp3) is 0.450. The van der Waals surface area contributed by atoms with Gasteiger partial charge in [0.15, 0.2) is 0 Å². The zero-order valence-corrected chi connectivity index (χ0v) is 15.7. The quantitative estimate of drug-likeness (QED) is 0.779. The van der Waals surface area contributed by atoms with Crippen LogP contribution in [0.25, 0.3) is 0 Å². The van der Waals surface area contributed by atoms with Crippen molar-refractivity contribution in [1.29, 1.82) is 0 Å². The van der Waals surface area contributed by atoms with Crippen molar-refractivity contribution in [2.45, 2.75) is 32.0 Å². The topological polar surface area (TPSA) is 23.6 Å². The van der Waals surface area contributed by atoms with Crippen LogP contribution < -0.4 is 0 Å². The first-order valence-corrected chi connectivity index (χ1v) is 10.0. The van der Waals surface area contributed by atoms with Crippen LogP contribution in [0.4, 0.5) is 13.2 Å². The number of carbonyl (C=O) groups excluding carboxylic acids is 1. The number of rotatable bonds is 3. The minimum absolute atomic E-state index is 0.0909. The first-order valence-electron chi connectivity index (χ1n) is 9.19. The Bertz CT molecular complexity index is 816. The van der Waals surface area contributed by atoms with Gasteiger partial charge in [-0.1, -0.05) is 18.2 Å². The van der Waals surface area contributed by atoms with Crippen molar-refractivity contribution in [3.63, 3.8) is 0 Å². The SMILES string of the molecule is O=C(c1cc2c(s1)CCC2)N1CCN(Cc2cccc(C(F)(F)F)c2)CC1. The van der Waals surface area contributed by atoms with Crippen LogP contribution in [0.2, 0.25) is 0 Å². The zero-order chi connectivity index (χ0) is 19.0. The second-order valence-corrected chi connectivity index (χ2v) is 8.32. The van der Waals surface area contributed by atoms with E-state index in [2.05, 4.69) is 4.90 Å². The maximum Gasteiger partial charge on any atom is 0.416 e. The number of halogens is 3. The van der Waals surface area contributed by atoms with Gasteiger partial charge < -0.3 is 4.90 Å². The maximum atomic E-state index is 12.9. The van der Waals surface area contributed by atoms with Crippen molar-refractivity contribution in [1.82, 2.24) is 9.80 Å². The molecule has 0 bridgehead atoms. The van der Waals surface area contributed by atoms with Gasteiger partial charge in [-0.15, -0.1) is 11.3 Å². The van der Waals surface area contributed by atoms with Gasteiger partial charge in [0, 0.05) is 37.6 Å². The van der Waals surface area contributed by atoms with E-state index in [1.54, 1.807) is 17.4 Å². The lowest BCUT2D eigenvalue weighted by Gasteiger charge is -2.34. The van der Waals surface area contributed by atoms with Crippen LogP contribution in [0.5, 0.6) is 0 Å². The van der Waals surface area contributed by atoms with Crippen molar-refractivity contribution in [3.05, 3.63) is 56.8 Å². The van der Waals surface area contributed by atoms with Crippen LogP contribution in [-0.4, -0.2) is 41.9 Å².